The number of benzene rings is 2. The van der Waals surface area contributed by atoms with E-state index in [9.17, 15) is 4.79 Å². The molecule has 6 heteroatoms. The first-order chi connectivity index (χ1) is 13.2. The molecule has 3 rings (SSSR count). The van der Waals surface area contributed by atoms with Gasteiger partial charge < -0.3 is 9.64 Å². The SMILES string of the molecule is COc1ccccc1C(=O)N/N=C/c1cc2c(cc1Cl)N(C)C(C)(C)CC2C. The number of methoxy groups -OCH3 is 1. The van der Waals surface area contributed by atoms with Crippen LogP contribution in [0, 0.1) is 0 Å². The van der Waals surface area contributed by atoms with Gasteiger partial charge in [-0.25, -0.2) is 5.43 Å². The molecule has 1 aliphatic rings. The summed E-state index contributed by atoms with van der Waals surface area (Å²) in [6.45, 7) is 6.71. The Morgan fingerprint density at radius 3 is 2.79 bits per heavy atom. The summed E-state index contributed by atoms with van der Waals surface area (Å²) < 4.78 is 5.21. The van der Waals surface area contributed by atoms with E-state index in [-0.39, 0.29) is 11.4 Å². The predicted octanol–water partition coefficient (Wildman–Crippen LogP) is 4.83. The van der Waals surface area contributed by atoms with Gasteiger partial charge in [0.2, 0.25) is 0 Å². The van der Waals surface area contributed by atoms with Crippen molar-refractivity contribution in [1.29, 1.82) is 0 Å². The van der Waals surface area contributed by atoms with Gasteiger partial charge in [0.25, 0.3) is 5.91 Å². The molecule has 0 aliphatic carbocycles. The zero-order valence-electron chi connectivity index (χ0n) is 16.9. The highest BCUT2D eigenvalue weighted by Crippen LogP contribution is 2.44. The van der Waals surface area contributed by atoms with Crippen molar-refractivity contribution in [3.63, 3.8) is 0 Å². The van der Waals surface area contributed by atoms with Gasteiger partial charge in [-0.15, -0.1) is 0 Å². The van der Waals surface area contributed by atoms with Crippen molar-refractivity contribution in [2.75, 3.05) is 19.1 Å². The lowest BCUT2D eigenvalue weighted by molar-refractivity contribution is 0.0952. The number of nitrogens with one attached hydrogen (secondary N) is 1. The quantitative estimate of drug-likeness (QED) is 0.591. The van der Waals surface area contributed by atoms with Crippen LogP contribution in [0.15, 0.2) is 41.5 Å². The lowest BCUT2D eigenvalue weighted by atomic mass is 9.80. The highest BCUT2D eigenvalue weighted by Gasteiger charge is 2.34. The summed E-state index contributed by atoms with van der Waals surface area (Å²) >= 11 is 6.50. The van der Waals surface area contributed by atoms with Crippen LogP contribution in [0.1, 0.15) is 54.6 Å². The van der Waals surface area contributed by atoms with Gasteiger partial charge in [0.15, 0.2) is 0 Å². The van der Waals surface area contributed by atoms with Crippen LogP contribution < -0.4 is 15.1 Å². The number of amides is 1. The molecular formula is C22H26ClN3O2. The van der Waals surface area contributed by atoms with Gasteiger partial charge in [0, 0.05) is 23.8 Å². The number of ether oxygens (including phenoxy) is 1. The average Bonchev–Trinajstić information content (AvgIpc) is 2.66. The highest BCUT2D eigenvalue weighted by atomic mass is 35.5. The maximum absolute atomic E-state index is 12.4. The van der Waals surface area contributed by atoms with Crippen molar-refractivity contribution >= 4 is 29.4 Å². The van der Waals surface area contributed by atoms with E-state index in [0.717, 1.165) is 17.7 Å². The van der Waals surface area contributed by atoms with E-state index in [1.54, 1.807) is 24.4 Å². The molecule has 2 aromatic rings. The van der Waals surface area contributed by atoms with Gasteiger partial charge in [-0.1, -0.05) is 30.7 Å². The number of carbonyl (C=O) groups is 1. The van der Waals surface area contributed by atoms with Crippen molar-refractivity contribution in [2.45, 2.75) is 38.6 Å². The van der Waals surface area contributed by atoms with E-state index in [1.165, 1.54) is 12.7 Å². The molecule has 28 heavy (non-hydrogen) atoms. The minimum absolute atomic E-state index is 0.0774. The van der Waals surface area contributed by atoms with E-state index in [1.807, 2.05) is 12.1 Å². The summed E-state index contributed by atoms with van der Waals surface area (Å²) in [5.74, 6) is 0.577. The van der Waals surface area contributed by atoms with Gasteiger partial charge >= 0.3 is 0 Å². The van der Waals surface area contributed by atoms with Crippen LogP contribution >= 0.6 is 11.6 Å². The lowest BCUT2D eigenvalue weighted by Crippen LogP contribution is -2.45. The van der Waals surface area contributed by atoms with E-state index in [0.29, 0.717) is 22.3 Å². The fraction of sp³-hybridized carbons (Fsp3) is 0.364. The van der Waals surface area contributed by atoms with E-state index >= 15 is 0 Å². The number of hydrogen-bond acceptors (Lipinski definition) is 4. The molecule has 0 radical (unpaired) electrons. The van der Waals surface area contributed by atoms with Gasteiger partial charge in [0.1, 0.15) is 5.75 Å². The Morgan fingerprint density at radius 2 is 2.07 bits per heavy atom. The van der Waals surface area contributed by atoms with Crippen LogP contribution in [0.3, 0.4) is 0 Å². The first kappa shape index (κ1) is 20.2. The number of nitrogens with zero attached hydrogens (tertiary/aromatic N) is 2. The lowest BCUT2D eigenvalue weighted by Gasteiger charge is -2.45. The van der Waals surface area contributed by atoms with Gasteiger partial charge in [0.05, 0.1) is 23.9 Å². The second kappa shape index (κ2) is 7.84. The average molecular weight is 400 g/mol. The zero-order chi connectivity index (χ0) is 20.5. The third kappa shape index (κ3) is 3.85. The maximum atomic E-state index is 12.4. The third-order valence-electron chi connectivity index (χ3n) is 5.47. The normalized spacial score (nSPS) is 18.1. The monoisotopic (exact) mass is 399 g/mol. The van der Waals surface area contributed by atoms with Gasteiger partial charge in [-0.2, -0.15) is 5.10 Å². The number of fused-ring (bicyclic) bond motifs is 1. The maximum Gasteiger partial charge on any atom is 0.275 e. The summed E-state index contributed by atoms with van der Waals surface area (Å²) in [4.78, 5) is 14.6. The Morgan fingerprint density at radius 1 is 1.36 bits per heavy atom. The Balaban J connectivity index is 1.82. The number of para-hydroxylation sites is 1. The van der Waals surface area contributed by atoms with E-state index in [2.05, 4.69) is 49.3 Å². The molecule has 5 nitrogen and oxygen atoms in total. The summed E-state index contributed by atoms with van der Waals surface area (Å²) in [7, 11) is 3.63. The van der Waals surface area contributed by atoms with Crippen molar-refractivity contribution in [3.8, 4) is 5.75 Å². The second-order valence-corrected chi connectivity index (χ2v) is 8.22. The molecule has 0 fully saturated rings. The second-order valence-electron chi connectivity index (χ2n) is 7.81. The number of halogens is 1. The Labute approximate surface area is 171 Å². The standard InChI is InChI=1S/C22H26ClN3O2/c1-14-12-22(2,3)26(4)19-11-18(23)15(10-17(14)19)13-24-25-21(27)16-8-6-7-9-20(16)28-5/h6-11,13-14H,12H2,1-5H3,(H,25,27)/b24-13+. The van der Waals surface area contributed by atoms with Crippen LogP contribution in [0.4, 0.5) is 5.69 Å². The number of anilines is 1. The highest BCUT2D eigenvalue weighted by molar-refractivity contribution is 6.33. The molecule has 1 amide bonds. The fourth-order valence-corrected chi connectivity index (χ4v) is 3.96. The van der Waals surface area contributed by atoms with E-state index < -0.39 is 0 Å². The van der Waals surface area contributed by atoms with Crippen LogP contribution in [-0.2, 0) is 0 Å². The van der Waals surface area contributed by atoms with Gasteiger partial charge in [-0.05, 0) is 56.0 Å². The summed E-state index contributed by atoms with van der Waals surface area (Å²) in [6.07, 6.45) is 2.64. The van der Waals surface area contributed by atoms with Crippen LogP contribution in [0.5, 0.6) is 5.75 Å². The van der Waals surface area contributed by atoms with Crippen molar-refractivity contribution in [2.24, 2.45) is 5.10 Å². The van der Waals surface area contributed by atoms with Gasteiger partial charge in [-0.3, -0.25) is 4.79 Å². The Hall–Kier alpha value is -2.53. The molecule has 2 aromatic carbocycles. The minimum atomic E-state index is -0.336. The molecule has 1 heterocycles. The Kier molecular flexibility index (Phi) is 5.66. The molecular weight excluding hydrogens is 374 g/mol. The Bertz CT molecular complexity index is 924. The smallest absolute Gasteiger partial charge is 0.275 e. The predicted molar refractivity (Wildman–Crippen MR) is 115 cm³/mol. The molecule has 1 aliphatic heterocycles. The molecule has 1 N–H and O–H groups in total. The molecule has 1 atom stereocenters. The molecule has 148 valence electrons. The summed E-state index contributed by atoms with van der Waals surface area (Å²) in [5.41, 5.74) is 6.21. The molecule has 0 saturated carbocycles. The topological polar surface area (TPSA) is 53.9 Å². The molecule has 1 unspecified atom stereocenters. The zero-order valence-corrected chi connectivity index (χ0v) is 17.7. The van der Waals surface area contributed by atoms with Crippen molar-refractivity contribution in [1.82, 2.24) is 5.43 Å². The van der Waals surface area contributed by atoms with Crippen molar-refractivity contribution < 1.29 is 9.53 Å². The first-order valence-electron chi connectivity index (χ1n) is 9.28. The number of hydrazone groups is 1. The number of carbonyl (C=O) groups excluding carboxylic acids is 1. The molecule has 0 spiro atoms. The summed E-state index contributed by atoms with van der Waals surface area (Å²) in [5, 5.41) is 4.70. The largest absolute Gasteiger partial charge is 0.496 e. The first-order valence-corrected chi connectivity index (χ1v) is 9.66. The molecule has 0 saturated heterocycles. The van der Waals surface area contributed by atoms with Crippen LogP contribution in [0.25, 0.3) is 0 Å². The third-order valence-corrected chi connectivity index (χ3v) is 5.80. The van der Waals surface area contributed by atoms with E-state index in [4.69, 9.17) is 16.3 Å². The number of hydrogen-bond donors (Lipinski definition) is 1. The fourth-order valence-electron chi connectivity index (χ4n) is 3.76. The number of rotatable bonds is 4. The van der Waals surface area contributed by atoms with Crippen molar-refractivity contribution in [3.05, 3.63) is 58.1 Å². The summed E-state index contributed by atoms with van der Waals surface area (Å²) in [6, 6.07) is 11.1. The molecule has 0 bridgehead atoms. The minimum Gasteiger partial charge on any atom is -0.496 e. The van der Waals surface area contributed by atoms with Crippen LogP contribution in [0.2, 0.25) is 5.02 Å². The molecule has 0 aromatic heterocycles. The van der Waals surface area contributed by atoms with Crippen LogP contribution in [-0.4, -0.2) is 31.8 Å².